The summed E-state index contributed by atoms with van der Waals surface area (Å²) >= 11 is 1.63. The zero-order valence-electron chi connectivity index (χ0n) is 19.3. The summed E-state index contributed by atoms with van der Waals surface area (Å²) in [6.07, 6.45) is 7.06. The van der Waals surface area contributed by atoms with Crippen LogP contribution >= 0.6 is 11.3 Å². The Morgan fingerprint density at radius 3 is 2.68 bits per heavy atom. The summed E-state index contributed by atoms with van der Waals surface area (Å²) in [6, 6.07) is 14.6. The maximum absolute atomic E-state index is 12.7. The van der Waals surface area contributed by atoms with E-state index in [4.69, 9.17) is 9.72 Å². The van der Waals surface area contributed by atoms with Crippen molar-refractivity contribution in [2.45, 2.75) is 31.6 Å². The summed E-state index contributed by atoms with van der Waals surface area (Å²) in [4.78, 5) is 21.0. The molecule has 2 aromatic carbocycles. The molecule has 1 amide bonds. The second-order valence-electron chi connectivity index (χ2n) is 9.43. The average Bonchev–Trinajstić information content (AvgIpc) is 3.39. The van der Waals surface area contributed by atoms with E-state index in [2.05, 4.69) is 45.1 Å². The van der Waals surface area contributed by atoms with Crippen LogP contribution in [-0.2, 0) is 4.74 Å². The highest BCUT2D eigenvalue weighted by atomic mass is 32.1. The summed E-state index contributed by atoms with van der Waals surface area (Å²) in [6.45, 7) is 5.84. The van der Waals surface area contributed by atoms with Crippen LogP contribution in [0.2, 0.25) is 0 Å². The number of amides is 1. The van der Waals surface area contributed by atoms with E-state index in [1.165, 1.54) is 37.9 Å². The zero-order chi connectivity index (χ0) is 22.9. The molecule has 0 atom stereocenters. The molecule has 6 rings (SSSR count). The van der Waals surface area contributed by atoms with Crippen molar-refractivity contribution >= 4 is 32.4 Å². The Bertz CT molecular complexity index is 1300. The fourth-order valence-electron chi connectivity index (χ4n) is 4.93. The van der Waals surface area contributed by atoms with Gasteiger partial charge in [-0.05, 0) is 62.7 Å². The molecule has 2 aromatic heterocycles. The molecule has 4 aromatic rings. The number of ether oxygens (including phenoxy) is 1. The van der Waals surface area contributed by atoms with E-state index in [9.17, 15) is 4.79 Å². The third-order valence-corrected chi connectivity index (χ3v) is 8.08. The Hall–Kier alpha value is -2.74. The number of carbonyl (C=O) groups is 1. The molecule has 0 aliphatic carbocycles. The predicted octanol–water partition coefficient (Wildman–Crippen LogP) is 4.94. The Morgan fingerprint density at radius 2 is 1.91 bits per heavy atom. The summed E-state index contributed by atoms with van der Waals surface area (Å²) in [5, 5.41) is 3.09. The van der Waals surface area contributed by atoms with Gasteiger partial charge in [0.2, 0.25) is 0 Å². The molecule has 0 saturated carbocycles. The molecule has 2 aliphatic rings. The van der Waals surface area contributed by atoms with Gasteiger partial charge in [0.25, 0.3) is 5.91 Å². The van der Waals surface area contributed by atoms with Crippen molar-refractivity contribution < 1.29 is 9.53 Å². The zero-order valence-corrected chi connectivity index (χ0v) is 20.2. The van der Waals surface area contributed by atoms with Gasteiger partial charge in [-0.15, -0.1) is 0 Å². The van der Waals surface area contributed by atoms with Crippen LogP contribution in [0.5, 0.6) is 0 Å². The number of imidazole rings is 1. The number of nitrogens with one attached hydrogen (secondary N) is 1. The fraction of sp³-hybridized carbons (Fsp3) is 0.407. The van der Waals surface area contributed by atoms with Gasteiger partial charge in [-0.2, -0.15) is 0 Å². The summed E-state index contributed by atoms with van der Waals surface area (Å²) in [7, 11) is 0. The van der Waals surface area contributed by atoms with Gasteiger partial charge in [-0.3, -0.25) is 9.20 Å². The van der Waals surface area contributed by atoms with Gasteiger partial charge in [0.15, 0.2) is 4.96 Å². The number of hydrogen-bond donors (Lipinski definition) is 1. The topological polar surface area (TPSA) is 58.9 Å². The van der Waals surface area contributed by atoms with Gasteiger partial charge in [-0.1, -0.05) is 42.0 Å². The molecule has 176 valence electrons. The van der Waals surface area contributed by atoms with Crippen LogP contribution in [0.15, 0.2) is 48.7 Å². The number of piperidine rings is 1. The molecule has 1 N–H and O–H groups in total. The van der Waals surface area contributed by atoms with E-state index >= 15 is 0 Å². The monoisotopic (exact) mass is 474 g/mol. The highest BCUT2D eigenvalue weighted by Crippen LogP contribution is 2.31. The number of nitrogens with zero attached hydrogens (tertiary/aromatic N) is 3. The molecule has 0 radical (unpaired) electrons. The number of fused-ring (bicyclic) bond motifs is 3. The third kappa shape index (κ3) is 4.35. The number of benzene rings is 2. The van der Waals surface area contributed by atoms with Gasteiger partial charge in [-0.25, -0.2) is 4.98 Å². The van der Waals surface area contributed by atoms with E-state index in [-0.39, 0.29) is 5.91 Å². The first-order valence-corrected chi connectivity index (χ1v) is 13.2. The van der Waals surface area contributed by atoms with Crippen LogP contribution in [0.25, 0.3) is 26.4 Å². The Morgan fingerprint density at radius 1 is 1.09 bits per heavy atom. The number of likely N-dealkylation sites (tertiary alicyclic amines) is 1. The van der Waals surface area contributed by atoms with Gasteiger partial charge >= 0.3 is 0 Å². The molecule has 0 unspecified atom stereocenters. The minimum Gasteiger partial charge on any atom is -0.380 e. The number of carbonyl (C=O) groups excluding carboxylic acids is 1. The second-order valence-corrected chi connectivity index (χ2v) is 10.4. The lowest BCUT2D eigenvalue weighted by molar-refractivity contribution is 0.00843. The normalized spacial score (nSPS) is 17.3. The largest absolute Gasteiger partial charge is 0.380 e. The molecule has 0 spiro atoms. The molecule has 0 bridgehead atoms. The van der Waals surface area contributed by atoms with Crippen molar-refractivity contribution in [1.29, 1.82) is 0 Å². The number of aromatic nitrogens is 2. The Balaban J connectivity index is 1.12. The quantitative estimate of drug-likeness (QED) is 0.386. The lowest BCUT2D eigenvalue weighted by atomic mass is 9.96. The first-order valence-electron chi connectivity index (χ1n) is 12.3. The van der Waals surface area contributed by atoms with E-state index in [1.807, 2.05) is 18.2 Å². The molecular weight excluding hydrogens is 444 g/mol. The van der Waals surface area contributed by atoms with Gasteiger partial charge in [0.1, 0.15) is 0 Å². The molecule has 34 heavy (non-hydrogen) atoms. The standard InChI is InChI=1S/C27H30N4O2S/c32-26(28-11-4-14-30-12-2-1-3-13-30)21-9-10-24-25(15-21)34-27-29-23(16-31(24)27)20-7-5-19(6-8-20)22-17-33-18-22/h5-10,15-16,22H,1-4,11-14,17-18H2,(H,28,32). The lowest BCUT2D eigenvalue weighted by Gasteiger charge is -2.26. The number of rotatable bonds is 7. The minimum atomic E-state index is 0.00391. The van der Waals surface area contributed by atoms with E-state index < -0.39 is 0 Å². The van der Waals surface area contributed by atoms with Crippen molar-refractivity contribution in [3.05, 3.63) is 59.8 Å². The average molecular weight is 475 g/mol. The van der Waals surface area contributed by atoms with Crippen molar-refractivity contribution in [1.82, 2.24) is 19.6 Å². The van der Waals surface area contributed by atoms with E-state index in [0.717, 1.165) is 59.2 Å². The second kappa shape index (κ2) is 9.49. The maximum atomic E-state index is 12.7. The smallest absolute Gasteiger partial charge is 0.251 e. The van der Waals surface area contributed by atoms with Crippen molar-refractivity contribution in [3.63, 3.8) is 0 Å². The molecule has 6 nitrogen and oxygen atoms in total. The summed E-state index contributed by atoms with van der Waals surface area (Å²) < 4.78 is 8.51. The number of hydrogen-bond acceptors (Lipinski definition) is 5. The Kier molecular flexibility index (Phi) is 6.07. The fourth-order valence-corrected chi connectivity index (χ4v) is 5.97. The van der Waals surface area contributed by atoms with Crippen LogP contribution in [0.1, 0.15) is 47.5 Å². The molecule has 7 heteroatoms. The van der Waals surface area contributed by atoms with Crippen molar-refractivity contribution in [2.24, 2.45) is 0 Å². The van der Waals surface area contributed by atoms with E-state index in [0.29, 0.717) is 11.5 Å². The highest BCUT2D eigenvalue weighted by Gasteiger charge is 2.20. The minimum absolute atomic E-state index is 0.00391. The van der Waals surface area contributed by atoms with Crippen LogP contribution in [-0.4, -0.2) is 59.6 Å². The van der Waals surface area contributed by atoms with Crippen LogP contribution in [0, 0.1) is 0 Å². The SMILES string of the molecule is O=C(NCCCN1CCCCC1)c1ccc2c(c1)sc1nc(-c3ccc(C4COC4)cc3)cn12. The Labute approximate surface area is 203 Å². The van der Waals surface area contributed by atoms with Gasteiger partial charge in [0.05, 0.1) is 29.1 Å². The van der Waals surface area contributed by atoms with Crippen molar-refractivity contribution in [2.75, 3.05) is 39.4 Å². The molecule has 2 aliphatic heterocycles. The van der Waals surface area contributed by atoms with Crippen LogP contribution in [0.4, 0.5) is 0 Å². The third-order valence-electron chi connectivity index (χ3n) is 7.06. The van der Waals surface area contributed by atoms with Crippen LogP contribution in [0.3, 0.4) is 0 Å². The van der Waals surface area contributed by atoms with Crippen molar-refractivity contribution in [3.8, 4) is 11.3 Å². The van der Waals surface area contributed by atoms with Crippen LogP contribution < -0.4 is 5.32 Å². The summed E-state index contributed by atoms with van der Waals surface area (Å²) in [5.74, 6) is 0.536. The molecule has 2 fully saturated rings. The van der Waals surface area contributed by atoms with E-state index in [1.54, 1.807) is 11.3 Å². The lowest BCUT2D eigenvalue weighted by Crippen LogP contribution is -2.33. The maximum Gasteiger partial charge on any atom is 0.251 e. The molecule has 2 saturated heterocycles. The van der Waals surface area contributed by atoms with Gasteiger partial charge < -0.3 is 15.0 Å². The highest BCUT2D eigenvalue weighted by molar-refractivity contribution is 7.23. The molecular formula is C27H30N4O2S. The summed E-state index contributed by atoms with van der Waals surface area (Å²) in [5.41, 5.74) is 5.22. The predicted molar refractivity (Wildman–Crippen MR) is 137 cm³/mol. The molecule has 4 heterocycles. The first kappa shape index (κ1) is 21.8. The first-order chi connectivity index (χ1) is 16.7. The number of thiazole rings is 1. The van der Waals surface area contributed by atoms with Gasteiger partial charge in [0, 0.05) is 29.8 Å².